The highest BCUT2D eigenvalue weighted by Gasteiger charge is 2.26. The monoisotopic (exact) mass is 340 g/mol. The molecule has 5 nitrogen and oxygen atoms in total. The number of benzene rings is 1. The number of hydrogen-bond donors (Lipinski definition) is 1. The van der Waals surface area contributed by atoms with Crippen LogP contribution in [0.15, 0.2) is 42.7 Å². The fourth-order valence-corrected chi connectivity index (χ4v) is 3.51. The van der Waals surface area contributed by atoms with E-state index in [1.54, 1.807) is 0 Å². The van der Waals surface area contributed by atoms with Gasteiger partial charge in [0.2, 0.25) is 5.91 Å². The Labute approximate surface area is 150 Å². The zero-order chi connectivity index (χ0) is 17.6. The van der Waals surface area contributed by atoms with Gasteiger partial charge in [-0.1, -0.05) is 12.1 Å². The van der Waals surface area contributed by atoms with Crippen LogP contribution < -0.4 is 5.32 Å². The third-order valence-electron chi connectivity index (χ3n) is 5.19. The molecule has 1 aliphatic heterocycles. The van der Waals surface area contributed by atoms with Gasteiger partial charge in [0.1, 0.15) is 0 Å². The lowest BCUT2D eigenvalue weighted by molar-refractivity contribution is -0.121. The zero-order valence-corrected chi connectivity index (χ0v) is 15.2. The van der Waals surface area contributed by atoms with E-state index in [2.05, 4.69) is 15.3 Å². The Bertz CT molecular complexity index is 675. The van der Waals surface area contributed by atoms with E-state index in [-0.39, 0.29) is 11.9 Å². The summed E-state index contributed by atoms with van der Waals surface area (Å²) in [5, 5.41) is 7.31. The van der Waals surface area contributed by atoms with E-state index >= 15 is 0 Å². The van der Waals surface area contributed by atoms with E-state index in [9.17, 15) is 4.79 Å². The van der Waals surface area contributed by atoms with Gasteiger partial charge in [0, 0.05) is 24.6 Å². The van der Waals surface area contributed by atoms with Crippen LogP contribution in [0.2, 0.25) is 0 Å². The summed E-state index contributed by atoms with van der Waals surface area (Å²) in [7, 11) is 0. The number of hydrogen-bond acceptors (Lipinski definition) is 3. The molecule has 1 aromatic carbocycles. The number of likely N-dealkylation sites (tertiary alicyclic amines) is 1. The number of nitrogens with zero attached hydrogens (tertiary/aromatic N) is 3. The van der Waals surface area contributed by atoms with Crippen LogP contribution in [0.3, 0.4) is 0 Å². The third-order valence-corrected chi connectivity index (χ3v) is 5.19. The fourth-order valence-electron chi connectivity index (χ4n) is 3.51. The first-order chi connectivity index (χ1) is 12.1. The van der Waals surface area contributed by atoms with Crippen molar-refractivity contribution in [3.63, 3.8) is 0 Å². The van der Waals surface area contributed by atoms with E-state index in [1.807, 2.05) is 61.3 Å². The predicted octanol–water partition coefficient (Wildman–Crippen LogP) is 3.32. The second kappa shape index (κ2) is 8.30. The van der Waals surface area contributed by atoms with Crippen LogP contribution in [-0.2, 0) is 11.3 Å². The van der Waals surface area contributed by atoms with Crippen molar-refractivity contribution in [1.29, 1.82) is 0 Å². The minimum absolute atomic E-state index is 0.0839. The molecule has 1 N–H and O–H groups in total. The van der Waals surface area contributed by atoms with Crippen molar-refractivity contribution in [3.8, 4) is 0 Å². The van der Waals surface area contributed by atoms with Crippen molar-refractivity contribution in [1.82, 2.24) is 14.7 Å². The normalized spacial score (nSPS) is 17.4. The number of aryl methyl sites for hydroxylation is 2. The molecule has 1 aromatic heterocycles. The molecule has 1 fully saturated rings. The first-order valence-electron chi connectivity index (χ1n) is 9.21. The molecule has 1 aliphatic rings. The summed E-state index contributed by atoms with van der Waals surface area (Å²) >= 11 is 0. The van der Waals surface area contributed by atoms with Crippen molar-refractivity contribution in [2.24, 2.45) is 5.92 Å². The number of carbonyl (C=O) groups excluding carboxylic acids is 1. The predicted molar refractivity (Wildman–Crippen MR) is 100 cm³/mol. The maximum Gasteiger partial charge on any atom is 0.241 e. The summed E-state index contributed by atoms with van der Waals surface area (Å²) in [4.78, 5) is 14.8. The molecule has 0 spiro atoms. The standard InChI is InChI=1S/C20H28N4O/c1-16-5-3-6-19(15-16)22-20(25)17(2)23-12-7-18(8-13-23)9-14-24-11-4-10-21-24/h3-6,10-11,15,17-18H,7-9,12-14H2,1-2H3,(H,22,25)/t17-/m0/s1. The summed E-state index contributed by atoms with van der Waals surface area (Å²) in [5.74, 6) is 0.813. The summed E-state index contributed by atoms with van der Waals surface area (Å²) in [6, 6.07) is 9.84. The molecule has 1 saturated heterocycles. The van der Waals surface area contributed by atoms with Gasteiger partial charge in [0.15, 0.2) is 0 Å². The molecule has 2 aromatic rings. The van der Waals surface area contributed by atoms with Gasteiger partial charge in [-0.15, -0.1) is 0 Å². The van der Waals surface area contributed by atoms with Crippen LogP contribution >= 0.6 is 0 Å². The molecule has 0 bridgehead atoms. The van der Waals surface area contributed by atoms with Gasteiger partial charge >= 0.3 is 0 Å². The Hall–Kier alpha value is -2.14. The minimum atomic E-state index is -0.0902. The Balaban J connectivity index is 1.44. The highest BCUT2D eigenvalue weighted by atomic mass is 16.2. The number of anilines is 1. The topological polar surface area (TPSA) is 50.2 Å². The highest BCUT2D eigenvalue weighted by molar-refractivity contribution is 5.94. The molecule has 5 heteroatoms. The Morgan fingerprint density at radius 1 is 1.32 bits per heavy atom. The largest absolute Gasteiger partial charge is 0.325 e. The molecule has 1 amide bonds. The summed E-state index contributed by atoms with van der Waals surface area (Å²) in [6.45, 7) is 7.02. The lowest BCUT2D eigenvalue weighted by Crippen LogP contribution is -2.46. The summed E-state index contributed by atoms with van der Waals surface area (Å²) in [6.07, 6.45) is 7.33. The maximum absolute atomic E-state index is 12.5. The molecule has 2 heterocycles. The number of amides is 1. The van der Waals surface area contributed by atoms with Crippen molar-refractivity contribution < 1.29 is 4.79 Å². The molecule has 0 saturated carbocycles. The molecular weight excluding hydrogens is 312 g/mol. The molecule has 1 atom stereocenters. The van der Waals surface area contributed by atoms with Crippen molar-refractivity contribution in [3.05, 3.63) is 48.3 Å². The molecule has 25 heavy (non-hydrogen) atoms. The van der Waals surface area contributed by atoms with Gasteiger partial charge in [-0.3, -0.25) is 14.4 Å². The Kier molecular flexibility index (Phi) is 5.87. The second-order valence-electron chi connectivity index (χ2n) is 7.07. The summed E-state index contributed by atoms with van der Waals surface area (Å²) < 4.78 is 2.00. The van der Waals surface area contributed by atoms with Gasteiger partial charge < -0.3 is 5.32 Å². The van der Waals surface area contributed by atoms with Crippen LogP contribution in [0.4, 0.5) is 5.69 Å². The number of piperidine rings is 1. The van der Waals surface area contributed by atoms with E-state index in [1.165, 1.54) is 6.42 Å². The lowest BCUT2D eigenvalue weighted by Gasteiger charge is -2.35. The molecule has 3 rings (SSSR count). The van der Waals surface area contributed by atoms with Crippen molar-refractivity contribution in [2.45, 2.75) is 45.7 Å². The van der Waals surface area contributed by atoms with Gasteiger partial charge in [-0.05, 0) is 75.9 Å². The average Bonchev–Trinajstić information content (AvgIpc) is 3.13. The number of nitrogens with one attached hydrogen (secondary N) is 1. The van der Waals surface area contributed by atoms with E-state index in [0.717, 1.165) is 49.6 Å². The van der Waals surface area contributed by atoms with Crippen LogP contribution in [0.25, 0.3) is 0 Å². The fraction of sp³-hybridized carbons (Fsp3) is 0.500. The first kappa shape index (κ1) is 17.7. The number of rotatable bonds is 6. The smallest absolute Gasteiger partial charge is 0.241 e. The second-order valence-corrected chi connectivity index (χ2v) is 7.07. The maximum atomic E-state index is 12.5. The minimum Gasteiger partial charge on any atom is -0.325 e. The molecule has 0 unspecified atom stereocenters. The molecular formula is C20H28N4O. The van der Waals surface area contributed by atoms with Crippen LogP contribution in [0.5, 0.6) is 0 Å². The lowest BCUT2D eigenvalue weighted by atomic mass is 9.93. The zero-order valence-electron chi connectivity index (χ0n) is 15.2. The van der Waals surface area contributed by atoms with Gasteiger partial charge in [0.05, 0.1) is 6.04 Å². The molecule has 0 aliphatic carbocycles. The number of carbonyl (C=O) groups is 1. The third kappa shape index (κ3) is 4.92. The SMILES string of the molecule is Cc1cccc(NC(=O)[C@H](C)N2CCC(CCn3cccn3)CC2)c1. The first-order valence-corrected chi connectivity index (χ1v) is 9.21. The van der Waals surface area contributed by atoms with Gasteiger partial charge in [-0.25, -0.2) is 0 Å². The molecule has 134 valence electrons. The van der Waals surface area contributed by atoms with Crippen LogP contribution in [0.1, 0.15) is 31.7 Å². The molecule has 0 radical (unpaired) electrons. The highest BCUT2D eigenvalue weighted by Crippen LogP contribution is 2.23. The van der Waals surface area contributed by atoms with Crippen molar-refractivity contribution in [2.75, 3.05) is 18.4 Å². The quantitative estimate of drug-likeness (QED) is 0.877. The Morgan fingerprint density at radius 3 is 2.80 bits per heavy atom. The number of aromatic nitrogens is 2. The van der Waals surface area contributed by atoms with E-state index in [0.29, 0.717) is 0 Å². The van der Waals surface area contributed by atoms with Crippen molar-refractivity contribution >= 4 is 11.6 Å². The van der Waals surface area contributed by atoms with Gasteiger partial charge in [-0.2, -0.15) is 5.10 Å². The summed E-state index contributed by atoms with van der Waals surface area (Å²) in [5.41, 5.74) is 2.04. The van der Waals surface area contributed by atoms with E-state index < -0.39 is 0 Å². The van der Waals surface area contributed by atoms with Gasteiger partial charge in [0.25, 0.3) is 0 Å². The van der Waals surface area contributed by atoms with Crippen LogP contribution in [0, 0.1) is 12.8 Å². The average molecular weight is 340 g/mol. The van der Waals surface area contributed by atoms with E-state index in [4.69, 9.17) is 0 Å². The Morgan fingerprint density at radius 2 is 2.12 bits per heavy atom. The van der Waals surface area contributed by atoms with Crippen LogP contribution in [-0.4, -0.2) is 39.7 Å².